The summed E-state index contributed by atoms with van der Waals surface area (Å²) >= 11 is 2.60. The number of thiazole rings is 2. The number of carbonyl (C=O) groups excluding carboxylic acids is 1. The Balaban J connectivity index is 0.891. The fourth-order valence-corrected chi connectivity index (χ4v) is 8.23. The first-order chi connectivity index (χ1) is 21.2. The minimum atomic E-state index is -0.730. The first kappa shape index (κ1) is 33.0. The standard InChI is InChI=1S/C32H47N5O5S2/c1-22-27(34-23(2)43-22)30(40)37-18-19-42-32(21-37)12-16-36(17-13-32)15-9-7-5-3-4-6-8-14-33-20-26(39)24-10-11-25(38)28-29(24)44-31(41)35-28/h10-11,26,33,38-39H,3-9,12-21H2,1-2H3,(H,35,41). The first-order valence-electron chi connectivity index (χ1n) is 16.1. The number of H-pyrrole nitrogens is 1. The summed E-state index contributed by atoms with van der Waals surface area (Å²) in [6, 6.07) is 3.20. The summed E-state index contributed by atoms with van der Waals surface area (Å²) < 4.78 is 6.90. The van der Waals surface area contributed by atoms with E-state index in [0.717, 1.165) is 66.7 Å². The van der Waals surface area contributed by atoms with Gasteiger partial charge in [-0.05, 0) is 58.7 Å². The normalized spacial score (nSPS) is 17.9. The number of unbranched alkanes of at least 4 members (excludes halogenated alkanes) is 6. The molecular formula is C32H47N5O5S2. The summed E-state index contributed by atoms with van der Waals surface area (Å²) in [7, 11) is 0. The second kappa shape index (κ2) is 15.3. The lowest BCUT2D eigenvalue weighted by Gasteiger charge is -2.47. The molecule has 2 saturated heterocycles. The summed E-state index contributed by atoms with van der Waals surface area (Å²) in [6.45, 7) is 10.3. The van der Waals surface area contributed by atoms with E-state index < -0.39 is 6.10 Å². The number of likely N-dealkylation sites (tertiary alicyclic amines) is 1. The molecule has 1 spiro atoms. The maximum absolute atomic E-state index is 13.1. The Hall–Kier alpha value is -2.35. The van der Waals surface area contributed by atoms with E-state index in [1.165, 1.54) is 44.6 Å². The average molecular weight is 646 g/mol. The van der Waals surface area contributed by atoms with Crippen molar-refractivity contribution in [2.24, 2.45) is 0 Å². The molecule has 5 rings (SSSR count). The van der Waals surface area contributed by atoms with E-state index in [0.29, 0.717) is 47.7 Å². The number of hydrogen-bond acceptors (Lipinski definition) is 10. The lowest BCUT2D eigenvalue weighted by Crippen LogP contribution is -2.58. The molecule has 1 atom stereocenters. The van der Waals surface area contributed by atoms with Crippen LogP contribution in [0.5, 0.6) is 5.75 Å². The van der Waals surface area contributed by atoms with Gasteiger partial charge in [0.15, 0.2) is 0 Å². The SMILES string of the molecule is Cc1nc(C(=O)N2CCOC3(CCN(CCCCCCCCCNCC(O)c4ccc(O)c5[nH]c(=O)sc45)CC3)C2)c(C)s1. The number of aromatic hydroxyl groups is 1. The number of ether oxygens (including phenoxy) is 1. The summed E-state index contributed by atoms with van der Waals surface area (Å²) in [6.07, 6.45) is 9.67. The van der Waals surface area contributed by atoms with Crippen LogP contribution in [-0.2, 0) is 4.74 Å². The minimum Gasteiger partial charge on any atom is -0.506 e. The number of aromatic nitrogens is 2. The fourth-order valence-electron chi connectivity index (χ4n) is 6.50. The van der Waals surface area contributed by atoms with Gasteiger partial charge >= 0.3 is 4.87 Å². The lowest BCUT2D eigenvalue weighted by atomic mass is 9.89. The van der Waals surface area contributed by atoms with Gasteiger partial charge in [-0.1, -0.05) is 49.5 Å². The van der Waals surface area contributed by atoms with Gasteiger partial charge in [0, 0.05) is 36.6 Å². The highest BCUT2D eigenvalue weighted by atomic mass is 32.1. The molecule has 1 unspecified atom stereocenters. The summed E-state index contributed by atoms with van der Waals surface area (Å²) in [5.41, 5.74) is 1.46. The molecule has 3 aromatic rings. The van der Waals surface area contributed by atoms with E-state index >= 15 is 0 Å². The lowest BCUT2D eigenvalue weighted by molar-refractivity contribution is -0.127. The molecule has 2 aliphatic heterocycles. The maximum atomic E-state index is 13.1. The topological polar surface area (TPSA) is 131 Å². The third-order valence-electron chi connectivity index (χ3n) is 9.02. The Morgan fingerprint density at radius 1 is 1.09 bits per heavy atom. The molecule has 2 fully saturated rings. The second-order valence-corrected chi connectivity index (χ2v) is 14.7. The average Bonchev–Trinajstić information content (AvgIpc) is 3.57. The predicted octanol–water partition coefficient (Wildman–Crippen LogP) is 4.73. The van der Waals surface area contributed by atoms with Crippen LogP contribution in [0.15, 0.2) is 16.9 Å². The first-order valence-corrected chi connectivity index (χ1v) is 17.7. The van der Waals surface area contributed by atoms with Gasteiger partial charge in [0.1, 0.15) is 17.0 Å². The van der Waals surface area contributed by atoms with Crippen molar-refractivity contribution in [1.82, 2.24) is 25.1 Å². The quantitative estimate of drug-likeness (QED) is 0.185. The van der Waals surface area contributed by atoms with Crippen LogP contribution in [0.2, 0.25) is 0 Å². The number of amides is 1. The Kier molecular flexibility index (Phi) is 11.5. The van der Waals surface area contributed by atoms with Gasteiger partial charge in [0.2, 0.25) is 0 Å². The maximum Gasteiger partial charge on any atom is 0.305 e. The van der Waals surface area contributed by atoms with Crippen molar-refractivity contribution >= 4 is 38.8 Å². The molecule has 0 bridgehead atoms. The molecule has 2 aromatic heterocycles. The van der Waals surface area contributed by atoms with Crippen LogP contribution in [0.1, 0.15) is 89.8 Å². The molecule has 12 heteroatoms. The van der Waals surface area contributed by atoms with Crippen molar-refractivity contribution < 1.29 is 19.7 Å². The number of aliphatic hydroxyl groups is 1. The number of nitrogens with zero attached hydrogens (tertiary/aromatic N) is 3. The summed E-state index contributed by atoms with van der Waals surface area (Å²) in [4.78, 5) is 37.2. The zero-order valence-electron chi connectivity index (χ0n) is 26.0. The second-order valence-electron chi connectivity index (χ2n) is 12.3. The molecule has 4 heterocycles. The number of aromatic amines is 1. The number of carbonyl (C=O) groups is 1. The van der Waals surface area contributed by atoms with Crippen LogP contribution in [0, 0.1) is 13.8 Å². The molecule has 10 nitrogen and oxygen atoms in total. The van der Waals surface area contributed by atoms with Gasteiger partial charge in [-0.15, -0.1) is 11.3 Å². The van der Waals surface area contributed by atoms with E-state index in [1.807, 2.05) is 18.7 Å². The van der Waals surface area contributed by atoms with Crippen molar-refractivity contribution in [2.45, 2.75) is 83.3 Å². The largest absolute Gasteiger partial charge is 0.506 e. The minimum absolute atomic E-state index is 0.0247. The number of piperidine rings is 1. The molecule has 242 valence electrons. The van der Waals surface area contributed by atoms with Gasteiger partial charge in [-0.3, -0.25) is 9.59 Å². The van der Waals surface area contributed by atoms with Crippen molar-refractivity contribution in [1.29, 1.82) is 0 Å². The third-order valence-corrected chi connectivity index (χ3v) is 10.8. The van der Waals surface area contributed by atoms with Crippen LogP contribution >= 0.6 is 22.7 Å². The molecule has 44 heavy (non-hydrogen) atoms. The van der Waals surface area contributed by atoms with Crippen LogP contribution in [0.3, 0.4) is 0 Å². The number of phenolic OH excluding ortho intramolecular Hbond substituents is 1. The zero-order valence-corrected chi connectivity index (χ0v) is 27.7. The number of morpholine rings is 1. The van der Waals surface area contributed by atoms with Crippen LogP contribution < -0.4 is 10.2 Å². The molecule has 0 radical (unpaired) electrons. The van der Waals surface area contributed by atoms with Crippen LogP contribution in [0.25, 0.3) is 10.2 Å². The molecule has 1 aromatic carbocycles. The molecule has 4 N–H and O–H groups in total. The molecular weight excluding hydrogens is 599 g/mol. The van der Waals surface area contributed by atoms with Crippen molar-refractivity contribution in [2.75, 3.05) is 52.4 Å². The number of fused-ring (bicyclic) bond motifs is 1. The van der Waals surface area contributed by atoms with E-state index in [-0.39, 0.29) is 22.1 Å². The molecule has 0 saturated carbocycles. The van der Waals surface area contributed by atoms with Gasteiger partial charge in [0.25, 0.3) is 5.91 Å². The molecule has 1 amide bonds. The van der Waals surface area contributed by atoms with Crippen LogP contribution in [0.4, 0.5) is 0 Å². The fraction of sp³-hybridized carbons (Fsp3) is 0.656. The molecule has 0 aliphatic carbocycles. The number of benzene rings is 1. The van der Waals surface area contributed by atoms with Crippen LogP contribution in [-0.4, -0.2) is 93.9 Å². The number of aryl methyl sites for hydroxylation is 2. The van der Waals surface area contributed by atoms with Crippen molar-refractivity contribution in [3.63, 3.8) is 0 Å². The number of nitrogens with one attached hydrogen (secondary N) is 2. The highest BCUT2D eigenvalue weighted by Crippen LogP contribution is 2.32. The van der Waals surface area contributed by atoms with Gasteiger partial charge in [-0.2, -0.15) is 0 Å². The van der Waals surface area contributed by atoms with E-state index in [2.05, 4.69) is 20.2 Å². The monoisotopic (exact) mass is 645 g/mol. The smallest absolute Gasteiger partial charge is 0.305 e. The van der Waals surface area contributed by atoms with E-state index in [1.54, 1.807) is 17.4 Å². The number of hydrogen-bond donors (Lipinski definition) is 4. The Morgan fingerprint density at radius 2 is 1.82 bits per heavy atom. The summed E-state index contributed by atoms with van der Waals surface area (Å²) in [5, 5.41) is 24.8. The number of phenols is 1. The Morgan fingerprint density at radius 3 is 2.55 bits per heavy atom. The highest BCUT2D eigenvalue weighted by Gasteiger charge is 2.41. The van der Waals surface area contributed by atoms with Gasteiger partial charge in [0.05, 0.1) is 34.6 Å². The van der Waals surface area contributed by atoms with Gasteiger partial charge in [-0.25, -0.2) is 4.98 Å². The third kappa shape index (κ3) is 8.27. The number of aliphatic hydroxyl groups excluding tert-OH is 1. The van der Waals surface area contributed by atoms with Gasteiger partial charge < -0.3 is 35.1 Å². The summed E-state index contributed by atoms with van der Waals surface area (Å²) in [5.74, 6) is 0.0776. The van der Waals surface area contributed by atoms with Crippen molar-refractivity contribution in [3.8, 4) is 5.75 Å². The highest BCUT2D eigenvalue weighted by molar-refractivity contribution is 7.16. The van der Waals surface area contributed by atoms with E-state index in [9.17, 15) is 19.8 Å². The van der Waals surface area contributed by atoms with Crippen molar-refractivity contribution in [3.05, 3.63) is 42.9 Å². The predicted molar refractivity (Wildman–Crippen MR) is 176 cm³/mol. The zero-order chi connectivity index (χ0) is 31.1. The molecule has 2 aliphatic rings. The Labute approximate surface area is 267 Å². The van der Waals surface area contributed by atoms with E-state index in [4.69, 9.17) is 4.74 Å². The Bertz CT molecular complexity index is 1440. The number of rotatable bonds is 14.